The lowest BCUT2D eigenvalue weighted by Gasteiger charge is -2.34. The van der Waals surface area contributed by atoms with E-state index in [-0.39, 0.29) is 17.8 Å². The number of hydrogen-bond acceptors (Lipinski definition) is 3. The van der Waals surface area contributed by atoms with Gasteiger partial charge in [-0.3, -0.25) is 4.79 Å². The first-order valence-electron chi connectivity index (χ1n) is 7.40. The molecule has 1 saturated carbocycles. The van der Waals surface area contributed by atoms with Gasteiger partial charge in [-0.1, -0.05) is 19.8 Å². The minimum atomic E-state index is -0.751. The average molecular weight is 285 g/mol. The number of aliphatic carboxylic acids is 1. The molecule has 0 aromatic rings. The van der Waals surface area contributed by atoms with E-state index in [4.69, 9.17) is 4.74 Å². The van der Waals surface area contributed by atoms with E-state index in [1.807, 2.05) is 20.8 Å². The van der Waals surface area contributed by atoms with Crippen molar-refractivity contribution in [1.29, 1.82) is 0 Å². The lowest BCUT2D eigenvalue weighted by molar-refractivity contribution is -0.144. The number of carbonyl (C=O) groups is 2. The van der Waals surface area contributed by atoms with Crippen LogP contribution < -0.4 is 5.32 Å². The summed E-state index contributed by atoms with van der Waals surface area (Å²) in [6.45, 7) is 7.73. The summed E-state index contributed by atoms with van der Waals surface area (Å²) in [6.07, 6.45) is 3.64. The molecule has 2 N–H and O–H groups in total. The molecule has 0 heterocycles. The molecule has 5 nitrogen and oxygen atoms in total. The Kier molecular flexibility index (Phi) is 5.84. The Labute approximate surface area is 121 Å². The smallest absolute Gasteiger partial charge is 0.407 e. The zero-order valence-electron chi connectivity index (χ0n) is 12.9. The van der Waals surface area contributed by atoms with Gasteiger partial charge in [0.25, 0.3) is 0 Å². The molecule has 1 aliphatic carbocycles. The Morgan fingerprint density at radius 3 is 2.45 bits per heavy atom. The van der Waals surface area contributed by atoms with Crippen molar-refractivity contribution < 1.29 is 19.4 Å². The summed E-state index contributed by atoms with van der Waals surface area (Å²) < 4.78 is 5.21. The summed E-state index contributed by atoms with van der Waals surface area (Å²) in [4.78, 5) is 22.8. The van der Waals surface area contributed by atoms with Gasteiger partial charge in [-0.25, -0.2) is 4.79 Å². The molecule has 1 amide bonds. The van der Waals surface area contributed by atoms with E-state index in [2.05, 4.69) is 5.32 Å². The van der Waals surface area contributed by atoms with Crippen LogP contribution >= 0.6 is 0 Å². The summed E-state index contributed by atoms with van der Waals surface area (Å²) in [7, 11) is 0. The third-order valence-electron chi connectivity index (χ3n) is 3.91. The predicted octanol–water partition coefficient (Wildman–Crippen LogP) is 3.04. The van der Waals surface area contributed by atoms with E-state index in [1.165, 1.54) is 0 Å². The molecule has 1 fully saturated rings. The predicted molar refractivity (Wildman–Crippen MR) is 76.5 cm³/mol. The van der Waals surface area contributed by atoms with Crippen LogP contribution in [0.25, 0.3) is 0 Å². The van der Waals surface area contributed by atoms with Crippen molar-refractivity contribution in [3.8, 4) is 0 Å². The van der Waals surface area contributed by atoms with Crippen molar-refractivity contribution in [2.45, 2.75) is 59.0 Å². The van der Waals surface area contributed by atoms with Gasteiger partial charge in [-0.05, 0) is 45.4 Å². The second-order valence-corrected chi connectivity index (χ2v) is 6.72. The molecule has 0 spiro atoms. The fourth-order valence-electron chi connectivity index (χ4n) is 2.86. The van der Waals surface area contributed by atoms with Gasteiger partial charge in [0.2, 0.25) is 0 Å². The van der Waals surface area contributed by atoms with Crippen LogP contribution in [0.15, 0.2) is 0 Å². The molecule has 5 heteroatoms. The van der Waals surface area contributed by atoms with E-state index >= 15 is 0 Å². The Hall–Kier alpha value is -1.26. The first-order valence-corrected chi connectivity index (χ1v) is 7.40. The van der Waals surface area contributed by atoms with Crippen molar-refractivity contribution in [2.75, 3.05) is 6.54 Å². The minimum Gasteiger partial charge on any atom is -0.481 e. The zero-order valence-corrected chi connectivity index (χ0v) is 12.9. The molecule has 3 atom stereocenters. The number of nitrogens with one attached hydrogen (secondary N) is 1. The third-order valence-corrected chi connectivity index (χ3v) is 3.91. The zero-order chi connectivity index (χ0) is 15.3. The summed E-state index contributed by atoms with van der Waals surface area (Å²) in [5.41, 5.74) is -0.510. The number of carboxylic acids is 1. The number of ether oxygens (including phenoxy) is 1. The molecule has 0 saturated heterocycles. The standard InChI is InChI=1S/C15H27NO4/c1-10(13(17)18)12-8-6-5-7-11(12)9-16-14(19)20-15(2,3)4/h10-12H,5-9H2,1-4H3,(H,16,19)(H,17,18). The molecule has 0 radical (unpaired) electrons. The molecule has 20 heavy (non-hydrogen) atoms. The average Bonchev–Trinajstić information content (AvgIpc) is 2.33. The van der Waals surface area contributed by atoms with Crippen molar-refractivity contribution in [1.82, 2.24) is 5.32 Å². The topological polar surface area (TPSA) is 75.6 Å². The summed E-state index contributed by atoms with van der Waals surface area (Å²) in [5, 5.41) is 11.9. The maximum absolute atomic E-state index is 11.7. The second-order valence-electron chi connectivity index (χ2n) is 6.72. The van der Waals surface area contributed by atoms with E-state index in [0.717, 1.165) is 25.7 Å². The van der Waals surface area contributed by atoms with E-state index < -0.39 is 17.7 Å². The number of amides is 1. The van der Waals surface area contributed by atoms with Gasteiger partial charge in [0, 0.05) is 6.54 Å². The highest BCUT2D eigenvalue weighted by atomic mass is 16.6. The number of carbonyl (C=O) groups excluding carboxylic acids is 1. The van der Waals surface area contributed by atoms with E-state index in [1.54, 1.807) is 6.92 Å². The Balaban J connectivity index is 2.51. The van der Waals surface area contributed by atoms with Crippen LogP contribution in [0.5, 0.6) is 0 Å². The fourth-order valence-corrected chi connectivity index (χ4v) is 2.86. The normalized spacial score (nSPS) is 24.8. The number of hydrogen-bond donors (Lipinski definition) is 2. The highest BCUT2D eigenvalue weighted by Gasteiger charge is 2.33. The Bertz CT molecular complexity index is 348. The first kappa shape index (κ1) is 16.8. The SMILES string of the molecule is CC(C(=O)O)C1CCCCC1CNC(=O)OC(C)(C)C. The quantitative estimate of drug-likeness (QED) is 0.832. The van der Waals surface area contributed by atoms with Crippen LogP contribution in [0.3, 0.4) is 0 Å². The minimum absolute atomic E-state index is 0.135. The van der Waals surface area contributed by atoms with Crippen LogP contribution in [-0.2, 0) is 9.53 Å². The molecule has 1 rings (SSSR count). The van der Waals surface area contributed by atoms with E-state index in [0.29, 0.717) is 6.54 Å². The lowest BCUT2D eigenvalue weighted by Crippen LogP contribution is -2.40. The molecule has 0 aliphatic heterocycles. The van der Waals surface area contributed by atoms with Crippen molar-refractivity contribution in [3.63, 3.8) is 0 Å². The second kappa shape index (κ2) is 6.95. The largest absolute Gasteiger partial charge is 0.481 e. The maximum atomic E-state index is 11.7. The van der Waals surface area contributed by atoms with Gasteiger partial charge in [0.1, 0.15) is 5.60 Å². The van der Waals surface area contributed by atoms with Crippen LogP contribution in [0.4, 0.5) is 4.79 Å². The number of alkyl carbamates (subject to hydrolysis) is 1. The molecule has 1 aliphatic rings. The number of carboxylic acid groups (broad SMARTS) is 1. The van der Waals surface area contributed by atoms with Crippen molar-refractivity contribution >= 4 is 12.1 Å². The Morgan fingerprint density at radius 1 is 1.30 bits per heavy atom. The van der Waals surface area contributed by atoms with Gasteiger partial charge in [0.05, 0.1) is 5.92 Å². The molecule has 0 aromatic carbocycles. The number of rotatable bonds is 4. The van der Waals surface area contributed by atoms with E-state index in [9.17, 15) is 14.7 Å². The third kappa shape index (κ3) is 5.39. The molecular formula is C15H27NO4. The fraction of sp³-hybridized carbons (Fsp3) is 0.867. The van der Waals surface area contributed by atoms with Crippen LogP contribution in [-0.4, -0.2) is 29.3 Å². The van der Waals surface area contributed by atoms with Crippen LogP contribution in [0, 0.1) is 17.8 Å². The highest BCUT2D eigenvalue weighted by Crippen LogP contribution is 2.35. The van der Waals surface area contributed by atoms with Crippen LogP contribution in [0.1, 0.15) is 53.4 Å². The molecular weight excluding hydrogens is 258 g/mol. The maximum Gasteiger partial charge on any atom is 0.407 e. The van der Waals surface area contributed by atoms with Gasteiger partial charge < -0.3 is 15.2 Å². The molecule has 0 bridgehead atoms. The van der Waals surface area contributed by atoms with Gasteiger partial charge in [0.15, 0.2) is 0 Å². The Morgan fingerprint density at radius 2 is 1.90 bits per heavy atom. The monoisotopic (exact) mass is 285 g/mol. The highest BCUT2D eigenvalue weighted by molar-refractivity contribution is 5.70. The summed E-state index contributed by atoms with van der Waals surface area (Å²) in [6, 6.07) is 0. The molecule has 3 unspecified atom stereocenters. The van der Waals surface area contributed by atoms with Gasteiger partial charge in [-0.15, -0.1) is 0 Å². The summed E-state index contributed by atoms with van der Waals surface area (Å²) in [5.74, 6) is -0.751. The van der Waals surface area contributed by atoms with Gasteiger partial charge in [-0.2, -0.15) is 0 Å². The van der Waals surface area contributed by atoms with Crippen molar-refractivity contribution in [2.24, 2.45) is 17.8 Å². The van der Waals surface area contributed by atoms with Crippen molar-refractivity contribution in [3.05, 3.63) is 0 Å². The molecule has 116 valence electrons. The van der Waals surface area contributed by atoms with Crippen LogP contribution in [0.2, 0.25) is 0 Å². The molecule has 0 aromatic heterocycles. The summed E-state index contributed by atoms with van der Waals surface area (Å²) >= 11 is 0. The first-order chi connectivity index (χ1) is 9.20. The van der Waals surface area contributed by atoms with Gasteiger partial charge >= 0.3 is 12.1 Å². The lowest BCUT2D eigenvalue weighted by atomic mass is 9.73.